The zero-order valence-corrected chi connectivity index (χ0v) is 12.2. The second-order valence-electron chi connectivity index (χ2n) is 4.22. The van der Waals surface area contributed by atoms with Crippen molar-refractivity contribution in [1.82, 2.24) is 0 Å². The Morgan fingerprint density at radius 3 is 2.60 bits per heavy atom. The Morgan fingerprint density at radius 2 is 2.07 bits per heavy atom. The number of rotatable bonds is 7. The van der Waals surface area contributed by atoms with Gasteiger partial charge in [0.2, 0.25) is 0 Å². The highest BCUT2D eigenvalue weighted by Gasteiger charge is 2.11. The lowest BCUT2D eigenvalue weighted by Crippen LogP contribution is -2.04. The van der Waals surface area contributed by atoms with Gasteiger partial charge in [-0.25, -0.2) is 0 Å². The maximum absolute atomic E-state index is 3.63. The van der Waals surface area contributed by atoms with Crippen molar-refractivity contribution in [2.75, 3.05) is 0 Å². The third kappa shape index (κ3) is 4.69. The molecule has 2 heteroatoms. The topological polar surface area (TPSA) is 0 Å². The number of unbranched alkanes of at least 4 members (excludes halogenated alkanes) is 1. The van der Waals surface area contributed by atoms with Crippen LogP contribution in [0.1, 0.15) is 51.5 Å². The first-order valence-corrected chi connectivity index (χ1v) is 7.67. The predicted octanol–water partition coefficient (Wildman–Crippen LogP) is 5.66. The molecule has 1 atom stereocenters. The van der Waals surface area contributed by atoms with E-state index in [-0.39, 0.29) is 0 Å². The van der Waals surface area contributed by atoms with E-state index in [2.05, 4.69) is 41.2 Å². The molecule has 0 bridgehead atoms. The molecule has 1 heterocycles. The maximum atomic E-state index is 3.63. The molecule has 0 fully saturated rings. The van der Waals surface area contributed by atoms with Gasteiger partial charge >= 0.3 is 0 Å². The van der Waals surface area contributed by atoms with Crippen molar-refractivity contribution in [2.45, 2.75) is 52.4 Å². The van der Waals surface area contributed by atoms with Gasteiger partial charge in [-0.05, 0) is 45.3 Å². The third-order valence-electron chi connectivity index (χ3n) is 2.86. The largest absolute Gasteiger partial charge is 0.137 e. The molecule has 0 aliphatic carbocycles. The molecule has 15 heavy (non-hydrogen) atoms. The third-order valence-corrected chi connectivity index (χ3v) is 4.68. The summed E-state index contributed by atoms with van der Waals surface area (Å²) in [7, 11) is 0. The molecule has 1 rings (SSSR count). The summed E-state index contributed by atoms with van der Waals surface area (Å²) in [6.07, 6.45) is 8.06. The second-order valence-corrected chi connectivity index (χ2v) is 6.45. The van der Waals surface area contributed by atoms with Crippen LogP contribution in [0.5, 0.6) is 0 Å². The Hall–Kier alpha value is 0.180. The average molecular weight is 289 g/mol. The van der Waals surface area contributed by atoms with Gasteiger partial charge in [0, 0.05) is 0 Å². The molecule has 0 aromatic carbocycles. The van der Waals surface area contributed by atoms with Gasteiger partial charge in [0.1, 0.15) is 0 Å². The molecule has 0 radical (unpaired) electrons. The van der Waals surface area contributed by atoms with Gasteiger partial charge < -0.3 is 0 Å². The van der Waals surface area contributed by atoms with Crippen molar-refractivity contribution >= 4 is 27.3 Å². The first kappa shape index (κ1) is 13.2. The van der Waals surface area contributed by atoms with E-state index in [1.165, 1.54) is 47.9 Å². The van der Waals surface area contributed by atoms with Crippen LogP contribution in [0.2, 0.25) is 0 Å². The van der Waals surface area contributed by atoms with Gasteiger partial charge in [0.15, 0.2) is 0 Å². The highest BCUT2D eigenvalue weighted by molar-refractivity contribution is 9.11. The van der Waals surface area contributed by atoms with E-state index < -0.39 is 0 Å². The molecule has 1 unspecified atom stereocenters. The lowest BCUT2D eigenvalue weighted by Gasteiger charge is -2.15. The smallest absolute Gasteiger partial charge is 0.0730 e. The molecule has 0 spiro atoms. The van der Waals surface area contributed by atoms with Crippen LogP contribution < -0.4 is 0 Å². The molecule has 0 saturated carbocycles. The lowest BCUT2D eigenvalue weighted by atomic mass is 9.91. The van der Waals surface area contributed by atoms with Crippen molar-refractivity contribution in [3.63, 3.8) is 0 Å². The van der Waals surface area contributed by atoms with Crippen molar-refractivity contribution in [3.8, 4) is 0 Å². The minimum atomic E-state index is 0.890. The molecule has 86 valence electrons. The van der Waals surface area contributed by atoms with Gasteiger partial charge in [0.25, 0.3) is 0 Å². The van der Waals surface area contributed by atoms with E-state index in [0.29, 0.717) is 0 Å². The second kappa shape index (κ2) is 7.45. The quantitative estimate of drug-likeness (QED) is 0.607. The Labute approximate surface area is 106 Å². The molecule has 0 nitrogen and oxygen atoms in total. The molecule has 0 amide bonds. The molecule has 0 aliphatic heterocycles. The zero-order valence-electron chi connectivity index (χ0n) is 9.76. The van der Waals surface area contributed by atoms with Crippen LogP contribution in [0, 0.1) is 5.92 Å². The first-order valence-electron chi connectivity index (χ1n) is 5.99. The molecular formula is C13H21BrS. The number of hydrogen-bond acceptors (Lipinski definition) is 1. The van der Waals surface area contributed by atoms with Crippen LogP contribution in [0.3, 0.4) is 0 Å². The van der Waals surface area contributed by atoms with Gasteiger partial charge in [-0.15, -0.1) is 11.3 Å². The highest BCUT2D eigenvalue weighted by atomic mass is 79.9. The van der Waals surface area contributed by atoms with E-state index in [1.54, 1.807) is 11.3 Å². The predicted molar refractivity (Wildman–Crippen MR) is 73.6 cm³/mol. The van der Waals surface area contributed by atoms with Crippen molar-refractivity contribution in [1.29, 1.82) is 0 Å². The summed E-state index contributed by atoms with van der Waals surface area (Å²) in [5.74, 6) is 0.890. The molecule has 0 aliphatic rings. The minimum absolute atomic E-state index is 0.890. The Balaban J connectivity index is 2.46. The molecule has 0 saturated heterocycles. The summed E-state index contributed by atoms with van der Waals surface area (Å²) in [5, 5.41) is 2.18. The summed E-state index contributed by atoms with van der Waals surface area (Å²) < 4.78 is 1.33. The van der Waals surface area contributed by atoms with E-state index in [1.807, 2.05) is 0 Å². The molecule has 1 aromatic heterocycles. The number of thiophene rings is 1. The fourth-order valence-electron chi connectivity index (χ4n) is 2.03. The molecule has 1 aromatic rings. The van der Waals surface area contributed by atoms with Gasteiger partial charge in [-0.1, -0.05) is 46.0 Å². The Morgan fingerprint density at radius 1 is 1.27 bits per heavy atom. The fraction of sp³-hybridized carbons (Fsp3) is 0.692. The van der Waals surface area contributed by atoms with Crippen LogP contribution in [0.4, 0.5) is 0 Å². The number of hydrogen-bond donors (Lipinski definition) is 0. The lowest BCUT2D eigenvalue weighted by molar-refractivity contribution is 0.427. The van der Waals surface area contributed by atoms with Gasteiger partial charge in [-0.2, -0.15) is 0 Å². The van der Waals surface area contributed by atoms with Crippen LogP contribution in [0.25, 0.3) is 0 Å². The summed E-state index contributed by atoms with van der Waals surface area (Å²) in [5.41, 5.74) is 1.51. The summed E-state index contributed by atoms with van der Waals surface area (Å²) in [6, 6.07) is 2.27. The van der Waals surface area contributed by atoms with Crippen LogP contribution in [-0.2, 0) is 6.42 Å². The summed E-state index contributed by atoms with van der Waals surface area (Å²) >= 11 is 5.44. The van der Waals surface area contributed by atoms with Crippen molar-refractivity contribution in [3.05, 3.63) is 20.8 Å². The average Bonchev–Trinajstić information content (AvgIpc) is 2.61. The van der Waals surface area contributed by atoms with E-state index >= 15 is 0 Å². The van der Waals surface area contributed by atoms with Crippen LogP contribution >= 0.6 is 27.3 Å². The van der Waals surface area contributed by atoms with E-state index in [4.69, 9.17) is 0 Å². The zero-order chi connectivity index (χ0) is 11.1. The first-order chi connectivity index (χ1) is 7.27. The molecular weight excluding hydrogens is 268 g/mol. The Bertz CT molecular complexity index is 267. The fourth-order valence-corrected chi connectivity index (χ4v) is 3.30. The van der Waals surface area contributed by atoms with E-state index in [0.717, 1.165) is 5.92 Å². The summed E-state index contributed by atoms with van der Waals surface area (Å²) in [6.45, 7) is 4.57. The Kier molecular flexibility index (Phi) is 6.58. The normalized spacial score (nSPS) is 13.0. The minimum Gasteiger partial charge on any atom is -0.137 e. The monoisotopic (exact) mass is 288 g/mol. The maximum Gasteiger partial charge on any atom is 0.0730 e. The van der Waals surface area contributed by atoms with Crippen molar-refractivity contribution < 1.29 is 0 Å². The highest BCUT2D eigenvalue weighted by Crippen LogP contribution is 2.28. The van der Waals surface area contributed by atoms with Gasteiger partial charge in [0.05, 0.1) is 3.79 Å². The van der Waals surface area contributed by atoms with Crippen molar-refractivity contribution in [2.24, 2.45) is 5.92 Å². The van der Waals surface area contributed by atoms with E-state index in [9.17, 15) is 0 Å². The molecule has 0 N–H and O–H groups in total. The standard InChI is InChI=1S/C13H21BrS/c1-3-5-7-11(6-4-2)10-12-8-9-15-13(12)14/h8-9,11H,3-7,10H2,1-2H3. The summed E-state index contributed by atoms with van der Waals surface area (Å²) in [4.78, 5) is 0. The van der Waals surface area contributed by atoms with Crippen LogP contribution in [-0.4, -0.2) is 0 Å². The van der Waals surface area contributed by atoms with Gasteiger partial charge in [-0.3, -0.25) is 0 Å². The van der Waals surface area contributed by atoms with Crippen LogP contribution in [0.15, 0.2) is 15.2 Å². The SMILES string of the molecule is CCCCC(CCC)Cc1ccsc1Br. The number of halogens is 1.